The summed E-state index contributed by atoms with van der Waals surface area (Å²) >= 11 is 0.915. The van der Waals surface area contributed by atoms with Crippen LogP contribution in [0.1, 0.15) is 38.2 Å². The maximum Gasteiger partial charge on any atom is 0.340 e. The minimum Gasteiger partial charge on any atom is -0.478 e. The fourth-order valence-corrected chi connectivity index (χ4v) is 2.39. The van der Waals surface area contributed by atoms with E-state index in [-0.39, 0.29) is 16.3 Å². The van der Waals surface area contributed by atoms with E-state index in [9.17, 15) is 9.59 Å². The zero-order valence-electron chi connectivity index (χ0n) is 10.5. The molecule has 0 aliphatic heterocycles. The second kappa shape index (κ2) is 4.81. The van der Waals surface area contributed by atoms with Crippen LogP contribution in [0.3, 0.4) is 0 Å². The number of oxazole rings is 1. The molecule has 0 spiro atoms. The molecule has 0 aliphatic carbocycles. The zero-order valence-corrected chi connectivity index (χ0v) is 11.3. The van der Waals surface area contributed by atoms with Crippen molar-refractivity contribution >= 4 is 28.4 Å². The highest BCUT2D eigenvalue weighted by atomic mass is 32.1. The van der Waals surface area contributed by atoms with Crippen molar-refractivity contribution in [3.8, 4) is 0 Å². The van der Waals surface area contributed by atoms with Crippen LogP contribution in [0.4, 0.5) is 5.00 Å². The van der Waals surface area contributed by atoms with Crippen molar-refractivity contribution in [3.63, 3.8) is 0 Å². The van der Waals surface area contributed by atoms with Gasteiger partial charge in [0.15, 0.2) is 5.89 Å². The average Bonchev–Trinajstić information content (AvgIpc) is 2.82. The number of nitrogens with one attached hydrogen (secondary N) is 1. The van der Waals surface area contributed by atoms with Gasteiger partial charge >= 0.3 is 5.97 Å². The van der Waals surface area contributed by atoms with E-state index >= 15 is 0 Å². The van der Waals surface area contributed by atoms with Crippen LogP contribution in [0.25, 0.3) is 0 Å². The van der Waals surface area contributed by atoms with Crippen molar-refractivity contribution in [1.82, 2.24) is 9.36 Å². The summed E-state index contributed by atoms with van der Waals surface area (Å²) in [6, 6.07) is 0. The van der Waals surface area contributed by atoms with Gasteiger partial charge in [-0.05, 0) is 25.4 Å². The van der Waals surface area contributed by atoms with Gasteiger partial charge in [0, 0.05) is 6.92 Å². The lowest BCUT2D eigenvalue weighted by molar-refractivity contribution is 0.0697. The number of aromatic nitrogens is 2. The minimum atomic E-state index is -1.13. The van der Waals surface area contributed by atoms with Gasteiger partial charge in [-0.1, -0.05) is 0 Å². The maximum absolute atomic E-state index is 12.0. The molecule has 2 heterocycles. The third kappa shape index (κ3) is 2.48. The van der Waals surface area contributed by atoms with Gasteiger partial charge < -0.3 is 14.8 Å². The highest BCUT2D eigenvalue weighted by Crippen LogP contribution is 2.25. The minimum absolute atomic E-state index is 0.00718. The Morgan fingerprint density at radius 1 is 1.26 bits per heavy atom. The van der Waals surface area contributed by atoms with Crippen molar-refractivity contribution < 1.29 is 19.1 Å². The Hall–Kier alpha value is -2.22. The molecule has 2 rings (SSSR count). The number of nitrogens with zero attached hydrogens (tertiary/aromatic N) is 2. The lowest BCUT2D eigenvalue weighted by atomic mass is 10.2. The molecule has 0 aliphatic rings. The Morgan fingerprint density at radius 2 is 1.95 bits per heavy atom. The number of hydrogen-bond donors (Lipinski definition) is 2. The molecule has 0 atom stereocenters. The number of carboxylic acids is 1. The summed E-state index contributed by atoms with van der Waals surface area (Å²) in [5.74, 6) is -1.22. The van der Waals surface area contributed by atoms with Crippen molar-refractivity contribution in [2.24, 2.45) is 0 Å². The Morgan fingerprint density at radius 3 is 2.47 bits per heavy atom. The van der Waals surface area contributed by atoms with Crippen LogP contribution in [0.15, 0.2) is 4.42 Å². The summed E-state index contributed by atoms with van der Waals surface area (Å²) in [6.45, 7) is 4.84. The van der Waals surface area contributed by atoms with E-state index in [1.165, 1.54) is 0 Å². The Bertz CT molecular complexity index is 659. The molecule has 0 bridgehead atoms. The molecule has 2 aromatic heterocycles. The molecule has 0 fully saturated rings. The molecule has 8 heteroatoms. The van der Waals surface area contributed by atoms with E-state index in [2.05, 4.69) is 14.7 Å². The smallest absolute Gasteiger partial charge is 0.340 e. The first kappa shape index (κ1) is 13.2. The van der Waals surface area contributed by atoms with Crippen LogP contribution < -0.4 is 5.32 Å². The lowest BCUT2D eigenvalue weighted by Gasteiger charge is -2.01. The Labute approximate surface area is 112 Å². The summed E-state index contributed by atoms with van der Waals surface area (Å²) in [4.78, 5) is 27.0. The first-order valence-corrected chi connectivity index (χ1v) is 6.12. The largest absolute Gasteiger partial charge is 0.478 e. The van der Waals surface area contributed by atoms with E-state index in [1.54, 1.807) is 20.8 Å². The summed E-state index contributed by atoms with van der Waals surface area (Å²) < 4.78 is 9.08. The first-order valence-electron chi connectivity index (χ1n) is 5.35. The predicted octanol–water partition coefficient (Wildman–Crippen LogP) is 2.01. The molecule has 0 radical (unpaired) electrons. The third-order valence-corrected chi connectivity index (χ3v) is 3.27. The van der Waals surface area contributed by atoms with Crippen molar-refractivity contribution in [3.05, 3.63) is 28.6 Å². The van der Waals surface area contributed by atoms with Crippen LogP contribution in [-0.4, -0.2) is 26.3 Å². The topological polar surface area (TPSA) is 105 Å². The van der Waals surface area contributed by atoms with Gasteiger partial charge in [-0.3, -0.25) is 4.79 Å². The van der Waals surface area contributed by atoms with Gasteiger partial charge in [0.1, 0.15) is 10.6 Å². The highest BCUT2D eigenvalue weighted by molar-refractivity contribution is 7.11. The Balaban J connectivity index is 2.29. The van der Waals surface area contributed by atoms with Crippen molar-refractivity contribution in [1.29, 1.82) is 0 Å². The molecule has 7 nitrogen and oxygen atoms in total. The van der Waals surface area contributed by atoms with Crippen LogP contribution in [0.5, 0.6) is 0 Å². The summed E-state index contributed by atoms with van der Waals surface area (Å²) in [7, 11) is 0. The zero-order chi connectivity index (χ0) is 14.2. The fraction of sp³-hybridized carbons (Fsp3) is 0.273. The van der Waals surface area contributed by atoms with Crippen molar-refractivity contribution in [2.45, 2.75) is 20.8 Å². The number of carbonyl (C=O) groups is 2. The molecule has 0 saturated heterocycles. The van der Waals surface area contributed by atoms with E-state index in [0.29, 0.717) is 17.3 Å². The van der Waals surface area contributed by atoms with Crippen LogP contribution >= 0.6 is 11.5 Å². The molecular weight excluding hydrogens is 270 g/mol. The third-order valence-electron chi connectivity index (χ3n) is 2.41. The fourth-order valence-electron chi connectivity index (χ4n) is 1.61. The van der Waals surface area contributed by atoms with Crippen LogP contribution in [0.2, 0.25) is 0 Å². The SMILES string of the molecule is Cc1nc(C)c(C(=O)Nc2snc(C)c2C(=O)O)o1. The number of carboxylic acid groups (broad SMARTS) is 1. The summed E-state index contributed by atoms with van der Waals surface area (Å²) in [5, 5.41) is 11.7. The number of aromatic carboxylic acids is 1. The average molecular weight is 281 g/mol. The number of carbonyl (C=O) groups excluding carboxylic acids is 1. The second-order valence-electron chi connectivity index (χ2n) is 3.88. The van der Waals surface area contributed by atoms with E-state index < -0.39 is 11.9 Å². The number of anilines is 1. The molecule has 0 unspecified atom stereocenters. The van der Waals surface area contributed by atoms with Gasteiger partial charge in [-0.25, -0.2) is 9.78 Å². The predicted molar refractivity (Wildman–Crippen MR) is 67.7 cm³/mol. The molecule has 2 aromatic rings. The van der Waals surface area contributed by atoms with Crippen LogP contribution in [-0.2, 0) is 0 Å². The molecule has 0 aromatic carbocycles. The van der Waals surface area contributed by atoms with Gasteiger partial charge in [0.25, 0.3) is 5.91 Å². The van der Waals surface area contributed by atoms with Gasteiger partial charge in [0.05, 0.1) is 11.4 Å². The lowest BCUT2D eigenvalue weighted by Crippen LogP contribution is -2.14. The number of hydrogen-bond acceptors (Lipinski definition) is 6. The molecule has 0 saturated carbocycles. The quantitative estimate of drug-likeness (QED) is 0.891. The van der Waals surface area contributed by atoms with Gasteiger partial charge in [-0.2, -0.15) is 4.37 Å². The molecule has 2 N–H and O–H groups in total. The van der Waals surface area contributed by atoms with E-state index in [4.69, 9.17) is 9.52 Å². The maximum atomic E-state index is 12.0. The van der Waals surface area contributed by atoms with Crippen LogP contribution in [0, 0.1) is 20.8 Å². The molecule has 19 heavy (non-hydrogen) atoms. The van der Waals surface area contributed by atoms with Gasteiger partial charge in [0.2, 0.25) is 5.76 Å². The first-order chi connectivity index (χ1) is 8.90. The van der Waals surface area contributed by atoms with Gasteiger partial charge in [-0.15, -0.1) is 0 Å². The monoisotopic (exact) mass is 281 g/mol. The molecule has 100 valence electrons. The number of aryl methyl sites for hydroxylation is 3. The molecule has 1 amide bonds. The van der Waals surface area contributed by atoms with E-state index in [0.717, 1.165) is 11.5 Å². The standard InChI is InChI=1S/C11H11N3O4S/c1-4-7(11(16)17)10(19-14-4)13-9(15)8-5(2)12-6(3)18-8/h1-3H3,(H,13,15)(H,16,17). The molecular formula is C11H11N3O4S. The number of amides is 1. The number of rotatable bonds is 3. The summed E-state index contributed by atoms with van der Waals surface area (Å²) in [6.07, 6.45) is 0. The normalized spacial score (nSPS) is 10.5. The summed E-state index contributed by atoms with van der Waals surface area (Å²) in [5.41, 5.74) is 0.804. The second-order valence-corrected chi connectivity index (χ2v) is 4.65. The Kier molecular flexibility index (Phi) is 3.34. The van der Waals surface area contributed by atoms with Crippen molar-refractivity contribution in [2.75, 3.05) is 5.32 Å². The highest BCUT2D eigenvalue weighted by Gasteiger charge is 2.22. The van der Waals surface area contributed by atoms with E-state index in [1.807, 2.05) is 0 Å².